The zero-order chi connectivity index (χ0) is 39.3. The predicted octanol–water partition coefficient (Wildman–Crippen LogP) is 4.04. The third-order valence-electron chi connectivity index (χ3n) is 12.2. The van der Waals surface area contributed by atoms with Crippen molar-refractivity contribution in [3.05, 3.63) is 63.7 Å². The zero-order valence-electron chi connectivity index (χ0n) is 30.7. The number of carbonyl (C=O) groups is 4. The summed E-state index contributed by atoms with van der Waals surface area (Å²) in [5, 5.41) is 21.0. The summed E-state index contributed by atoms with van der Waals surface area (Å²) in [7, 11) is 0. The number of alkyl halides is 1. The molecule has 0 amide bonds. The number of carbonyl (C=O) groups excluding carboxylic acids is 4. The van der Waals surface area contributed by atoms with Crippen LogP contribution in [0.25, 0.3) is 0 Å². The van der Waals surface area contributed by atoms with Crippen molar-refractivity contribution in [1.29, 1.82) is 0 Å². The van der Waals surface area contributed by atoms with Gasteiger partial charge in [-0.1, -0.05) is 36.8 Å². The standard InChI is InChI=1S/C38H47FN2O13/c1-34(2)53-31-19-27-26-12-9-23-18-24(42)13-14-35(23,3)37(26,39)29(43)20-36(27,4)38(31,54-34)30(44)21-50-33(46)52-25-10-7-22(8-11-25)17-28(40)32(45)49-15-5-6-16-51-41(47)48/h7-11,13-14,26-29,31,43H,5-6,12,15-21,40H2,1-4H3/t26?,27?,28-,29-,31+,35-,36-,37-,38+/m0/s1. The lowest BCUT2D eigenvalue weighted by atomic mass is 9.45. The highest BCUT2D eigenvalue weighted by Gasteiger charge is 2.80. The first-order valence-electron chi connectivity index (χ1n) is 18.2. The summed E-state index contributed by atoms with van der Waals surface area (Å²) in [6, 6.07) is 5.14. The minimum absolute atomic E-state index is 0.0318. The summed E-state index contributed by atoms with van der Waals surface area (Å²) in [6.07, 6.45) is 2.70. The van der Waals surface area contributed by atoms with Crippen molar-refractivity contribution in [3.63, 3.8) is 0 Å². The highest BCUT2D eigenvalue weighted by Crippen LogP contribution is 2.72. The molecule has 0 spiro atoms. The number of ketones is 2. The fourth-order valence-electron chi connectivity index (χ4n) is 9.73. The highest BCUT2D eigenvalue weighted by atomic mass is 19.1. The largest absolute Gasteiger partial charge is 0.514 e. The van der Waals surface area contributed by atoms with Crippen LogP contribution >= 0.6 is 0 Å². The molecule has 0 bridgehead atoms. The minimum Gasteiger partial charge on any atom is -0.465 e. The average molecular weight is 759 g/mol. The smallest absolute Gasteiger partial charge is 0.465 e. The number of ether oxygens (including phenoxy) is 5. The molecule has 294 valence electrons. The first kappa shape index (κ1) is 39.4. The number of aliphatic hydroxyl groups is 1. The van der Waals surface area contributed by atoms with Gasteiger partial charge in [0.15, 0.2) is 29.4 Å². The van der Waals surface area contributed by atoms with Gasteiger partial charge in [0.05, 0.1) is 25.4 Å². The van der Waals surface area contributed by atoms with Crippen LogP contribution in [-0.2, 0) is 44.6 Å². The fourth-order valence-corrected chi connectivity index (χ4v) is 9.73. The van der Waals surface area contributed by atoms with Gasteiger partial charge in [-0.25, -0.2) is 9.18 Å². The first-order chi connectivity index (χ1) is 25.4. The Bertz CT molecular complexity index is 1750. The number of allylic oxidation sites excluding steroid dienone is 4. The number of unbranched alkanes of at least 4 members (excludes halogenated alkanes) is 1. The molecule has 1 aromatic rings. The molecular formula is C38H47FN2O13. The fraction of sp³-hybridized carbons (Fsp3) is 0.632. The number of nitrogens with two attached hydrogens (primary N) is 1. The van der Waals surface area contributed by atoms with Crippen molar-refractivity contribution in [3.8, 4) is 5.75 Å². The second kappa shape index (κ2) is 14.4. The van der Waals surface area contributed by atoms with Crippen LogP contribution in [0, 0.1) is 32.8 Å². The Morgan fingerprint density at radius 3 is 2.50 bits per heavy atom. The van der Waals surface area contributed by atoms with Crippen LogP contribution in [0.1, 0.15) is 71.8 Å². The van der Waals surface area contributed by atoms with E-state index in [4.69, 9.17) is 29.4 Å². The SMILES string of the molecule is CC1(C)O[C@@H]2CC3C4CC=C5CC(=O)C=C[C@]5(C)[C@@]4(F)[C@@H](O)C[C@]3(C)[C@]2(C(=O)COC(=O)Oc2ccc(C[C@H](N)C(=O)OCCCCO[N+](=O)[O-])cc2)O1. The van der Waals surface area contributed by atoms with Gasteiger partial charge in [0.1, 0.15) is 11.8 Å². The lowest BCUT2D eigenvalue weighted by Gasteiger charge is -2.62. The molecular weight excluding hydrogens is 711 g/mol. The van der Waals surface area contributed by atoms with E-state index >= 15 is 4.39 Å². The van der Waals surface area contributed by atoms with E-state index in [2.05, 4.69) is 4.84 Å². The van der Waals surface area contributed by atoms with Crippen LogP contribution in [0.3, 0.4) is 0 Å². The maximum absolute atomic E-state index is 17.6. The molecule has 54 heavy (non-hydrogen) atoms. The third kappa shape index (κ3) is 6.71. The number of benzene rings is 1. The van der Waals surface area contributed by atoms with Crippen molar-refractivity contribution in [1.82, 2.24) is 0 Å². The van der Waals surface area contributed by atoms with Crippen LogP contribution < -0.4 is 10.5 Å². The van der Waals surface area contributed by atoms with Crippen molar-refractivity contribution in [2.24, 2.45) is 28.4 Å². The van der Waals surface area contributed by atoms with E-state index in [0.717, 1.165) is 0 Å². The number of hydrogen-bond acceptors (Lipinski definition) is 14. The van der Waals surface area contributed by atoms with Gasteiger partial charge in [-0.3, -0.25) is 14.4 Å². The number of fused-ring (bicyclic) bond motifs is 7. The summed E-state index contributed by atoms with van der Waals surface area (Å²) in [4.78, 5) is 66.0. The van der Waals surface area contributed by atoms with Crippen LogP contribution in [-0.4, -0.2) is 89.0 Å². The maximum Gasteiger partial charge on any atom is 0.514 e. The molecule has 0 radical (unpaired) electrons. The van der Waals surface area contributed by atoms with Gasteiger partial charge in [0.2, 0.25) is 5.78 Å². The Labute approximate surface area is 311 Å². The number of hydrogen-bond donors (Lipinski definition) is 2. The first-order valence-corrected chi connectivity index (χ1v) is 18.2. The molecule has 1 heterocycles. The van der Waals surface area contributed by atoms with E-state index in [9.17, 15) is 34.4 Å². The second-order valence-corrected chi connectivity index (χ2v) is 15.8. The molecule has 6 rings (SSSR count). The number of esters is 1. The molecule has 1 saturated heterocycles. The van der Waals surface area contributed by atoms with Gasteiger partial charge < -0.3 is 39.4 Å². The van der Waals surface area contributed by atoms with Crippen LogP contribution in [0.15, 0.2) is 48.1 Å². The predicted molar refractivity (Wildman–Crippen MR) is 185 cm³/mol. The third-order valence-corrected chi connectivity index (χ3v) is 12.2. The normalized spacial score (nSPS) is 35.0. The second-order valence-electron chi connectivity index (χ2n) is 15.8. The number of nitrogens with zero attached hydrogens (tertiary/aromatic N) is 1. The van der Waals surface area contributed by atoms with Gasteiger partial charge in [-0.2, -0.15) is 0 Å². The molecule has 1 aliphatic heterocycles. The molecule has 15 nitrogen and oxygen atoms in total. The summed E-state index contributed by atoms with van der Waals surface area (Å²) < 4.78 is 46.1. The Kier molecular flexibility index (Phi) is 10.5. The highest BCUT2D eigenvalue weighted by molar-refractivity contribution is 5.94. The molecule has 2 unspecified atom stereocenters. The Morgan fingerprint density at radius 2 is 1.80 bits per heavy atom. The Hall–Kier alpha value is -4.25. The molecule has 2 saturated carbocycles. The van der Waals surface area contributed by atoms with E-state index in [1.807, 2.05) is 13.0 Å². The molecule has 0 aromatic heterocycles. The lowest BCUT2D eigenvalue weighted by molar-refractivity contribution is -0.757. The minimum atomic E-state index is -2.11. The Morgan fingerprint density at radius 1 is 1.09 bits per heavy atom. The van der Waals surface area contributed by atoms with E-state index in [-0.39, 0.29) is 56.9 Å². The molecule has 3 fully saturated rings. The molecule has 5 aliphatic rings. The number of halogens is 1. The number of Topliss-reactive ketones (excluding diaryl/α,β-unsaturated/α-hetero) is 1. The van der Waals surface area contributed by atoms with E-state index in [1.54, 1.807) is 39.0 Å². The van der Waals surface area contributed by atoms with Crippen molar-refractivity contribution >= 4 is 23.7 Å². The van der Waals surface area contributed by atoms with Gasteiger partial charge in [-0.05, 0) is 89.0 Å². The summed E-state index contributed by atoms with van der Waals surface area (Å²) in [5.41, 5.74) is 1.16. The summed E-state index contributed by atoms with van der Waals surface area (Å²) in [6.45, 7) is 6.08. The molecule has 16 heteroatoms. The van der Waals surface area contributed by atoms with E-state index in [1.165, 1.54) is 18.2 Å². The van der Waals surface area contributed by atoms with Gasteiger partial charge in [0, 0.05) is 23.2 Å². The van der Waals surface area contributed by atoms with Crippen LogP contribution in [0.2, 0.25) is 0 Å². The van der Waals surface area contributed by atoms with E-state index < -0.39 is 87.6 Å². The maximum atomic E-state index is 17.6. The average Bonchev–Trinajstić information content (AvgIpc) is 3.51. The number of aliphatic hydroxyl groups excluding tert-OH is 1. The van der Waals surface area contributed by atoms with Crippen molar-refractivity contribution < 1.29 is 62.3 Å². The molecule has 3 N–H and O–H groups in total. The Balaban J connectivity index is 1.08. The molecule has 4 aliphatic carbocycles. The van der Waals surface area contributed by atoms with Crippen molar-refractivity contribution in [2.75, 3.05) is 19.8 Å². The van der Waals surface area contributed by atoms with E-state index in [0.29, 0.717) is 24.0 Å². The molecule has 1 aromatic carbocycles. The van der Waals surface area contributed by atoms with Gasteiger partial charge in [0.25, 0.3) is 5.09 Å². The summed E-state index contributed by atoms with van der Waals surface area (Å²) in [5.74, 6) is -3.63. The monoisotopic (exact) mass is 758 g/mol. The zero-order valence-corrected chi connectivity index (χ0v) is 30.7. The van der Waals surface area contributed by atoms with Gasteiger partial charge >= 0.3 is 12.1 Å². The summed E-state index contributed by atoms with van der Waals surface area (Å²) >= 11 is 0. The topological polar surface area (TPSA) is 213 Å². The van der Waals surface area contributed by atoms with Gasteiger partial charge in [-0.15, -0.1) is 10.1 Å². The van der Waals surface area contributed by atoms with Crippen LogP contribution in [0.5, 0.6) is 5.75 Å². The number of rotatable bonds is 13. The quantitative estimate of drug-likeness (QED) is 0.0726. The van der Waals surface area contributed by atoms with Crippen LogP contribution in [0.4, 0.5) is 9.18 Å². The van der Waals surface area contributed by atoms with Crippen molar-refractivity contribution in [2.45, 2.75) is 108 Å². The molecule has 9 atom stereocenters. The lowest BCUT2D eigenvalue weighted by Crippen LogP contribution is -2.69.